The highest BCUT2D eigenvalue weighted by Crippen LogP contribution is 2.33. The molecule has 0 atom stereocenters. The van der Waals surface area contributed by atoms with Crippen LogP contribution in [0.3, 0.4) is 0 Å². The van der Waals surface area contributed by atoms with Crippen molar-refractivity contribution < 1.29 is 4.79 Å². The maximum Gasteiger partial charge on any atom is 0.280 e. The quantitative estimate of drug-likeness (QED) is 0.558. The zero-order valence-electron chi connectivity index (χ0n) is 15.4. The fourth-order valence-electron chi connectivity index (χ4n) is 2.64. The Morgan fingerprint density at radius 2 is 2.00 bits per heavy atom. The minimum Gasteiger partial charge on any atom is -0.283 e. The highest BCUT2D eigenvalue weighted by atomic mass is 35.5. The highest BCUT2D eigenvalue weighted by Gasteiger charge is 2.22. The second kappa shape index (κ2) is 8.86. The van der Waals surface area contributed by atoms with Gasteiger partial charge in [-0.3, -0.25) is 14.5 Å². The number of hydrogen-bond donors (Lipinski definition) is 0. The third-order valence-corrected chi connectivity index (χ3v) is 5.42. The molecule has 146 valence electrons. The number of carbonyl (C=O) groups excluding carboxylic acids is 1. The van der Waals surface area contributed by atoms with E-state index in [1.807, 2.05) is 12.3 Å². The Kier molecular flexibility index (Phi) is 6.49. The third-order valence-electron chi connectivity index (χ3n) is 4.01. The summed E-state index contributed by atoms with van der Waals surface area (Å²) in [6.07, 6.45) is 0.746. The number of amides is 1. The highest BCUT2D eigenvalue weighted by molar-refractivity contribution is 7.14. The van der Waals surface area contributed by atoms with Gasteiger partial charge in [0.15, 0.2) is 5.13 Å². The number of rotatable bonds is 6. The van der Waals surface area contributed by atoms with Crippen LogP contribution in [0.5, 0.6) is 0 Å². The van der Waals surface area contributed by atoms with Gasteiger partial charge < -0.3 is 0 Å². The topological polar surface area (TPSA) is 68.1 Å². The molecule has 0 fully saturated rings. The molecule has 1 aromatic carbocycles. The number of aryl methyl sites for hydroxylation is 1. The molecule has 2 aromatic heterocycles. The minimum atomic E-state index is -0.299. The predicted molar refractivity (Wildman–Crippen MR) is 114 cm³/mol. The number of anilines is 1. The Hall–Kier alpha value is -2.22. The van der Waals surface area contributed by atoms with Crippen LogP contribution in [0.15, 0.2) is 40.5 Å². The maximum absolute atomic E-state index is 13.0. The number of hydrogen-bond acceptors (Lipinski definition) is 5. The lowest BCUT2D eigenvalue weighted by Gasteiger charge is -2.18. The van der Waals surface area contributed by atoms with E-state index < -0.39 is 0 Å². The number of thiazole rings is 1. The average Bonchev–Trinajstić information content (AvgIpc) is 3.15. The second-order valence-electron chi connectivity index (χ2n) is 5.97. The molecule has 0 aliphatic carbocycles. The molecule has 3 rings (SSSR count). The molecule has 0 spiro atoms. The Morgan fingerprint density at radius 1 is 1.21 bits per heavy atom. The van der Waals surface area contributed by atoms with Gasteiger partial charge in [-0.25, -0.2) is 9.67 Å². The first-order chi connectivity index (χ1) is 13.4. The molecule has 9 heteroatoms. The Morgan fingerprint density at radius 3 is 2.68 bits per heavy atom. The summed E-state index contributed by atoms with van der Waals surface area (Å²) in [5.74, 6) is -0.299. The van der Waals surface area contributed by atoms with Gasteiger partial charge in [-0.15, -0.1) is 11.3 Å². The van der Waals surface area contributed by atoms with Crippen LogP contribution >= 0.6 is 34.5 Å². The molecule has 0 N–H and O–H groups in total. The van der Waals surface area contributed by atoms with Crippen molar-refractivity contribution in [2.24, 2.45) is 0 Å². The molecule has 0 aliphatic heterocycles. The van der Waals surface area contributed by atoms with Crippen LogP contribution in [0.25, 0.3) is 11.3 Å². The van der Waals surface area contributed by atoms with Crippen molar-refractivity contribution in [3.63, 3.8) is 0 Å². The predicted octanol–water partition coefficient (Wildman–Crippen LogP) is 4.75. The van der Waals surface area contributed by atoms with Crippen molar-refractivity contribution in [1.82, 2.24) is 14.8 Å². The van der Waals surface area contributed by atoms with Gasteiger partial charge in [-0.1, -0.05) is 30.1 Å². The summed E-state index contributed by atoms with van der Waals surface area (Å²) in [6.45, 7) is 4.65. The van der Waals surface area contributed by atoms with E-state index in [0.29, 0.717) is 34.0 Å². The first kappa shape index (κ1) is 20.5. The Labute approximate surface area is 176 Å². The van der Waals surface area contributed by atoms with Crippen LogP contribution in [-0.4, -0.2) is 27.2 Å². The molecular weight excluding hydrogens is 419 g/mol. The van der Waals surface area contributed by atoms with E-state index in [4.69, 9.17) is 23.2 Å². The molecule has 0 bridgehead atoms. The molecule has 0 saturated carbocycles. The van der Waals surface area contributed by atoms with E-state index >= 15 is 0 Å². The number of benzene rings is 1. The lowest BCUT2D eigenvalue weighted by atomic mass is 10.2. The van der Waals surface area contributed by atoms with E-state index in [-0.39, 0.29) is 17.2 Å². The summed E-state index contributed by atoms with van der Waals surface area (Å²) in [4.78, 5) is 31.0. The first-order valence-corrected chi connectivity index (χ1v) is 10.4. The van der Waals surface area contributed by atoms with Gasteiger partial charge in [0.2, 0.25) is 0 Å². The van der Waals surface area contributed by atoms with E-state index in [0.717, 1.165) is 12.0 Å². The van der Waals surface area contributed by atoms with Crippen molar-refractivity contribution in [1.29, 1.82) is 0 Å². The lowest BCUT2D eigenvalue weighted by molar-refractivity contribution is 0.0979. The zero-order valence-corrected chi connectivity index (χ0v) is 17.7. The minimum absolute atomic E-state index is 0.205. The van der Waals surface area contributed by atoms with Crippen LogP contribution in [0.2, 0.25) is 10.0 Å². The van der Waals surface area contributed by atoms with Crippen LogP contribution in [0, 0.1) is 0 Å². The third kappa shape index (κ3) is 4.27. The van der Waals surface area contributed by atoms with Gasteiger partial charge in [0.1, 0.15) is 5.69 Å². The van der Waals surface area contributed by atoms with Crippen LogP contribution in [0.1, 0.15) is 30.8 Å². The van der Waals surface area contributed by atoms with Crippen LogP contribution < -0.4 is 10.5 Å². The van der Waals surface area contributed by atoms with Gasteiger partial charge in [-0.2, -0.15) is 5.10 Å². The molecule has 3 aromatic rings. The van der Waals surface area contributed by atoms with Gasteiger partial charge in [0.05, 0.1) is 10.7 Å². The molecule has 0 saturated heterocycles. The van der Waals surface area contributed by atoms with Gasteiger partial charge in [-0.05, 0) is 37.6 Å². The largest absolute Gasteiger partial charge is 0.283 e. The molecular formula is C19H18Cl2N4O2S. The smallest absolute Gasteiger partial charge is 0.280 e. The summed E-state index contributed by atoms with van der Waals surface area (Å²) < 4.78 is 1.26. The monoisotopic (exact) mass is 436 g/mol. The van der Waals surface area contributed by atoms with E-state index in [9.17, 15) is 9.59 Å². The van der Waals surface area contributed by atoms with E-state index in [2.05, 4.69) is 10.1 Å². The fourth-order valence-corrected chi connectivity index (χ4v) is 4.00. The number of halogens is 2. The zero-order chi connectivity index (χ0) is 20.3. The van der Waals surface area contributed by atoms with Crippen molar-refractivity contribution in [2.45, 2.75) is 26.8 Å². The second-order valence-corrected chi connectivity index (χ2v) is 7.65. The molecule has 0 aliphatic rings. The van der Waals surface area contributed by atoms with Crippen molar-refractivity contribution in [3.8, 4) is 11.3 Å². The summed E-state index contributed by atoms with van der Waals surface area (Å²) in [7, 11) is 0. The number of carbonyl (C=O) groups is 1. The van der Waals surface area contributed by atoms with Crippen LogP contribution in [0.4, 0.5) is 5.13 Å². The van der Waals surface area contributed by atoms with Gasteiger partial charge >= 0.3 is 0 Å². The lowest BCUT2D eigenvalue weighted by Crippen LogP contribution is -2.34. The first-order valence-electron chi connectivity index (χ1n) is 8.75. The number of aromatic nitrogens is 3. The van der Waals surface area contributed by atoms with Gasteiger partial charge in [0.25, 0.3) is 11.5 Å². The Balaban J connectivity index is 1.95. The fraction of sp³-hybridized carbons (Fsp3) is 0.263. The summed E-state index contributed by atoms with van der Waals surface area (Å²) >= 11 is 13.6. The normalized spacial score (nSPS) is 10.9. The van der Waals surface area contributed by atoms with Gasteiger partial charge in [0, 0.05) is 35.1 Å². The molecule has 28 heavy (non-hydrogen) atoms. The van der Waals surface area contributed by atoms with Crippen molar-refractivity contribution in [2.75, 3.05) is 11.4 Å². The van der Waals surface area contributed by atoms with E-state index in [1.54, 1.807) is 30.0 Å². The summed E-state index contributed by atoms with van der Waals surface area (Å²) in [5.41, 5.74) is 1.38. The standard InChI is InChI=1S/C19H18Cl2N4O2S/c1-3-9-24(18(27)15-7-8-17(26)25(4-2)23-15)19-22-16(11-28-19)13-6-5-12(20)10-14(13)21/h5-8,10-11H,3-4,9H2,1-2H3. The van der Waals surface area contributed by atoms with Crippen molar-refractivity contribution in [3.05, 3.63) is 61.8 Å². The maximum atomic E-state index is 13.0. The summed E-state index contributed by atoms with van der Waals surface area (Å²) in [6, 6.07) is 8.01. The summed E-state index contributed by atoms with van der Waals surface area (Å²) in [5, 5.41) is 7.60. The van der Waals surface area contributed by atoms with Crippen LogP contribution in [-0.2, 0) is 6.54 Å². The SMILES string of the molecule is CCCN(C(=O)c1ccc(=O)n(CC)n1)c1nc(-c2ccc(Cl)cc2Cl)cs1. The Bertz CT molecular complexity index is 1060. The number of nitrogens with zero attached hydrogens (tertiary/aromatic N) is 4. The molecule has 6 nitrogen and oxygen atoms in total. The average molecular weight is 437 g/mol. The van der Waals surface area contributed by atoms with E-state index in [1.165, 1.54) is 28.2 Å². The molecule has 0 unspecified atom stereocenters. The molecule has 2 heterocycles. The molecule has 0 radical (unpaired) electrons. The molecule has 1 amide bonds. The van der Waals surface area contributed by atoms with Crippen molar-refractivity contribution >= 4 is 45.6 Å².